The van der Waals surface area contributed by atoms with Crippen molar-refractivity contribution in [2.45, 2.75) is 32.8 Å². The van der Waals surface area contributed by atoms with Crippen LogP contribution in [0.3, 0.4) is 0 Å². The van der Waals surface area contributed by atoms with Crippen molar-refractivity contribution in [3.63, 3.8) is 0 Å². The molecule has 0 heterocycles. The average molecular weight is 287 g/mol. The van der Waals surface area contributed by atoms with Crippen LogP contribution in [0.5, 0.6) is 0 Å². The first kappa shape index (κ1) is 15.5. The predicted molar refractivity (Wildman–Crippen MR) is 85.4 cm³/mol. The van der Waals surface area contributed by atoms with Gasteiger partial charge in [-0.3, -0.25) is 0 Å². The normalized spacial score (nSPS) is 12.2. The van der Waals surface area contributed by atoms with Gasteiger partial charge in [-0.1, -0.05) is 31.5 Å². The summed E-state index contributed by atoms with van der Waals surface area (Å²) in [6, 6.07) is 14.6. The molecule has 0 radical (unpaired) electrons. The maximum Gasteiger partial charge on any atom is 0.123 e. The number of nitrogens with zero attached hydrogens (tertiary/aromatic N) is 1. The maximum absolute atomic E-state index is 13.5. The fourth-order valence-corrected chi connectivity index (χ4v) is 2.42. The van der Waals surface area contributed by atoms with Crippen molar-refractivity contribution in [3.8, 4) is 0 Å². The van der Waals surface area contributed by atoms with Crippen molar-refractivity contribution in [3.05, 3.63) is 59.9 Å². The molecule has 0 aliphatic rings. The Morgan fingerprint density at radius 1 is 1.14 bits per heavy atom. The van der Waals surface area contributed by atoms with Gasteiger partial charge >= 0.3 is 0 Å². The van der Waals surface area contributed by atoms with Crippen LogP contribution in [0.25, 0.3) is 0 Å². The second-order valence-corrected chi connectivity index (χ2v) is 5.22. The van der Waals surface area contributed by atoms with Gasteiger partial charge in [0, 0.05) is 23.5 Å². The number of hydrogen-bond acceptors (Lipinski definition) is 2. The fraction of sp³-hybridized carbons (Fsp3) is 0.333. The Balaban J connectivity index is 2.46. The first-order chi connectivity index (χ1) is 10.1. The molecular weight excluding hydrogens is 265 g/mol. The van der Waals surface area contributed by atoms with Crippen LogP contribution >= 0.6 is 0 Å². The third-order valence-corrected chi connectivity index (χ3v) is 3.53. The molecule has 3 heteroatoms. The van der Waals surface area contributed by atoms with Crippen molar-refractivity contribution >= 4 is 11.4 Å². The zero-order valence-electron chi connectivity index (χ0n) is 12.6. The minimum Gasteiger partial charge on any atom is -0.389 e. The van der Waals surface area contributed by atoms with E-state index in [9.17, 15) is 9.50 Å². The molecule has 0 amide bonds. The zero-order chi connectivity index (χ0) is 15.2. The molecule has 0 bridgehead atoms. The van der Waals surface area contributed by atoms with Crippen molar-refractivity contribution in [1.82, 2.24) is 0 Å². The fourth-order valence-electron chi connectivity index (χ4n) is 2.42. The van der Waals surface area contributed by atoms with Crippen molar-refractivity contribution in [1.29, 1.82) is 0 Å². The second kappa shape index (κ2) is 7.23. The minimum absolute atomic E-state index is 0.321. The Labute approximate surface area is 125 Å². The predicted octanol–water partition coefficient (Wildman–Crippen LogP) is 4.82. The molecule has 112 valence electrons. The quantitative estimate of drug-likeness (QED) is 0.823. The van der Waals surface area contributed by atoms with E-state index in [1.54, 1.807) is 13.0 Å². The van der Waals surface area contributed by atoms with Gasteiger partial charge in [-0.25, -0.2) is 4.39 Å². The molecule has 1 atom stereocenters. The number of unbranched alkanes of at least 4 members (excludes halogenated alkanes) is 1. The molecule has 0 saturated heterocycles. The lowest BCUT2D eigenvalue weighted by Crippen LogP contribution is -2.20. The molecule has 0 spiro atoms. The highest BCUT2D eigenvalue weighted by Gasteiger charge is 2.16. The van der Waals surface area contributed by atoms with Gasteiger partial charge in [-0.05, 0) is 43.7 Å². The van der Waals surface area contributed by atoms with Crippen LogP contribution in [-0.4, -0.2) is 11.7 Å². The summed E-state index contributed by atoms with van der Waals surface area (Å²) in [5.74, 6) is -0.321. The molecule has 2 aromatic carbocycles. The topological polar surface area (TPSA) is 23.5 Å². The number of halogens is 1. The van der Waals surface area contributed by atoms with Gasteiger partial charge in [0.1, 0.15) is 5.82 Å². The van der Waals surface area contributed by atoms with Crippen LogP contribution in [0.4, 0.5) is 15.8 Å². The number of hydrogen-bond donors (Lipinski definition) is 1. The van der Waals surface area contributed by atoms with Gasteiger partial charge in [-0.2, -0.15) is 0 Å². The molecule has 1 unspecified atom stereocenters. The minimum atomic E-state index is -0.705. The largest absolute Gasteiger partial charge is 0.389 e. The lowest BCUT2D eigenvalue weighted by molar-refractivity contribution is 0.199. The van der Waals surface area contributed by atoms with Gasteiger partial charge in [0.25, 0.3) is 0 Å². The third-order valence-electron chi connectivity index (χ3n) is 3.53. The third kappa shape index (κ3) is 3.82. The molecule has 0 saturated carbocycles. The Kier molecular flexibility index (Phi) is 5.34. The van der Waals surface area contributed by atoms with E-state index >= 15 is 0 Å². The van der Waals surface area contributed by atoms with Crippen LogP contribution in [0, 0.1) is 5.82 Å². The highest BCUT2D eigenvalue weighted by molar-refractivity contribution is 5.66. The number of aliphatic hydroxyl groups excluding tert-OH is 1. The van der Waals surface area contributed by atoms with E-state index in [1.165, 1.54) is 12.1 Å². The lowest BCUT2D eigenvalue weighted by atomic mass is 10.1. The van der Waals surface area contributed by atoms with Crippen LogP contribution in [0.2, 0.25) is 0 Å². The van der Waals surface area contributed by atoms with Gasteiger partial charge < -0.3 is 10.0 Å². The van der Waals surface area contributed by atoms with E-state index in [2.05, 4.69) is 11.8 Å². The molecule has 21 heavy (non-hydrogen) atoms. The summed E-state index contributed by atoms with van der Waals surface area (Å²) in [4.78, 5) is 2.14. The molecule has 2 aromatic rings. The van der Waals surface area contributed by atoms with Crippen LogP contribution in [-0.2, 0) is 0 Å². The number of benzene rings is 2. The summed E-state index contributed by atoms with van der Waals surface area (Å²) in [6.07, 6.45) is 1.41. The summed E-state index contributed by atoms with van der Waals surface area (Å²) in [7, 11) is 0. The number of anilines is 2. The Bertz CT molecular complexity index is 569. The molecule has 2 nitrogen and oxygen atoms in total. The first-order valence-electron chi connectivity index (χ1n) is 7.43. The average Bonchev–Trinajstić information content (AvgIpc) is 2.49. The van der Waals surface area contributed by atoms with Crippen LogP contribution in [0.15, 0.2) is 48.5 Å². The SMILES string of the molecule is CCCCN(c1ccccc1)c1ccc(F)cc1C(C)O. The molecule has 0 aliphatic carbocycles. The Morgan fingerprint density at radius 2 is 1.86 bits per heavy atom. The number of para-hydroxylation sites is 1. The monoisotopic (exact) mass is 287 g/mol. The molecule has 2 rings (SSSR count). The van der Waals surface area contributed by atoms with Gasteiger partial charge in [0.05, 0.1) is 6.10 Å². The second-order valence-electron chi connectivity index (χ2n) is 5.22. The maximum atomic E-state index is 13.5. The zero-order valence-corrected chi connectivity index (χ0v) is 12.6. The molecule has 0 fully saturated rings. The summed E-state index contributed by atoms with van der Waals surface area (Å²) in [5.41, 5.74) is 2.54. The van der Waals surface area contributed by atoms with E-state index in [-0.39, 0.29) is 5.82 Å². The van der Waals surface area contributed by atoms with E-state index < -0.39 is 6.10 Å². The summed E-state index contributed by atoms with van der Waals surface area (Å²) >= 11 is 0. The number of rotatable bonds is 6. The molecule has 0 aliphatic heterocycles. The molecular formula is C18H22FNO. The van der Waals surface area contributed by atoms with Crippen molar-refractivity contribution < 1.29 is 9.50 Å². The van der Waals surface area contributed by atoms with Gasteiger partial charge in [-0.15, -0.1) is 0 Å². The van der Waals surface area contributed by atoms with E-state index in [4.69, 9.17) is 0 Å². The standard InChI is InChI=1S/C18H22FNO/c1-3-4-12-20(16-8-6-5-7-9-16)18-11-10-15(19)13-17(18)14(2)21/h5-11,13-14,21H,3-4,12H2,1-2H3. The highest BCUT2D eigenvalue weighted by Crippen LogP contribution is 2.32. The Morgan fingerprint density at radius 3 is 2.48 bits per heavy atom. The number of aliphatic hydroxyl groups is 1. The van der Waals surface area contributed by atoms with Crippen molar-refractivity contribution in [2.75, 3.05) is 11.4 Å². The van der Waals surface area contributed by atoms with E-state index in [1.807, 2.05) is 30.3 Å². The van der Waals surface area contributed by atoms with E-state index in [0.717, 1.165) is 30.8 Å². The van der Waals surface area contributed by atoms with Gasteiger partial charge in [0.15, 0.2) is 0 Å². The summed E-state index contributed by atoms with van der Waals surface area (Å²) in [5, 5.41) is 9.96. The summed E-state index contributed by atoms with van der Waals surface area (Å²) in [6.45, 7) is 4.65. The van der Waals surface area contributed by atoms with Crippen LogP contribution in [0.1, 0.15) is 38.4 Å². The molecule has 1 N–H and O–H groups in total. The molecule has 0 aromatic heterocycles. The van der Waals surface area contributed by atoms with Gasteiger partial charge in [0.2, 0.25) is 0 Å². The smallest absolute Gasteiger partial charge is 0.123 e. The lowest BCUT2D eigenvalue weighted by Gasteiger charge is -2.28. The summed E-state index contributed by atoms with van der Waals surface area (Å²) < 4.78 is 13.5. The van der Waals surface area contributed by atoms with Crippen LogP contribution < -0.4 is 4.90 Å². The highest BCUT2D eigenvalue weighted by atomic mass is 19.1. The van der Waals surface area contributed by atoms with Crippen molar-refractivity contribution in [2.24, 2.45) is 0 Å². The Hall–Kier alpha value is -1.87. The van der Waals surface area contributed by atoms with E-state index in [0.29, 0.717) is 5.56 Å². The first-order valence-corrected chi connectivity index (χ1v) is 7.43.